The predicted molar refractivity (Wildman–Crippen MR) is 164 cm³/mol. The van der Waals surface area contributed by atoms with Crippen molar-refractivity contribution in [2.24, 2.45) is 0 Å². The van der Waals surface area contributed by atoms with Crippen molar-refractivity contribution in [2.45, 2.75) is 31.6 Å². The van der Waals surface area contributed by atoms with Crippen LogP contribution in [0.3, 0.4) is 0 Å². The van der Waals surface area contributed by atoms with Gasteiger partial charge >= 0.3 is 5.97 Å². The summed E-state index contributed by atoms with van der Waals surface area (Å²) < 4.78 is 109. The summed E-state index contributed by atoms with van der Waals surface area (Å²) in [7, 11) is 0. The lowest BCUT2D eigenvalue weighted by molar-refractivity contribution is -0.137. The normalized spacial score (nSPS) is 13.4. The van der Waals surface area contributed by atoms with Crippen LogP contribution in [0.25, 0.3) is 11.3 Å². The molecule has 0 spiro atoms. The van der Waals surface area contributed by atoms with Gasteiger partial charge < -0.3 is 10.4 Å². The van der Waals surface area contributed by atoms with E-state index in [1.54, 1.807) is 0 Å². The van der Waals surface area contributed by atoms with Gasteiger partial charge in [-0.2, -0.15) is 0 Å². The zero-order chi connectivity index (χ0) is 36.2. The van der Waals surface area contributed by atoms with E-state index in [-0.39, 0.29) is 51.7 Å². The van der Waals surface area contributed by atoms with Gasteiger partial charge in [0.15, 0.2) is 5.78 Å². The van der Waals surface area contributed by atoms with Gasteiger partial charge in [0, 0.05) is 58.6 Å². The Labute approximate surface area is 282 Å². The van der Waals surface area contributed by atoms with E-state index < -0.39 is 87.7 Å². The number of carbonyl (C=O) groups excluding carboxylic acids is 2. The number of hydrogen-bond donors (Lipinski definition) is 2. The molecule has 1 heterocycles. The average Bonchev–Trinajstić information content (AvgIpc) is 2.99. The van der Waals surface area contributed by atoms with Crippen LogP contribution < -0.4 is 5.32 Å². The number of amides is 1. The van der Waals surface area contributed by atoms with Crippen molar-refractivity contribution in [1.82, 2.24) is 5.32 Å². The Kier molecular flexibility index (Phi) is 11.8. The molecule has 4 aromatic rings. The minimum Gasteiger partial charge on any atom is -0.481 e. The standard InChI is InChI=1S/C17H10ClF4NO.C17H11ClF4O3/c18-12-3-1-8(19)5-11(12)10-2-4-15(24)23-17(10)16-13(21)6-9(20)7-14(16)22;18-12-3-1-8(19)5-11(12)10(2-4-15(23)24)17(25)16-13(21)6-9(20)7-14(16)22/h1,3,5-7H,2,4H2,(H,23,24);1,3,5-7,10H,2,4H2,(H,23,24). The average molecular weight is 730 g/mol. The second-order valence-corrected chi connectivity index (χ2v) is 11.3. The van der Waals surface area contributed by atoms with Crippen LogP contribution in [-0.4, -0.2) is 22.8 Å². The number of Topliss-reactive ketones (excluding diaryl/α,β-unsaturated/α-hetero) is 1. The number of allylic oxidation sites excluding steroid dienone is 1. The van der Waals surface area contributed by atoms with Gasteiger partial charge in [0.1, 0.15) is 46.5 Å². The van der Waals surface area contributed by atoms with Crippen LogP contribution in [0.15, 0.2) is 60.7 Å². The molecular formula is C34H21Cl2F8NO4. The highest BCUT2D eigenvalue weighted by molar-refractivity contribution is 6.33. The molecular weight excluding hydrogens is 709 g/mol. The highest BCUT2D eigenvalue weighted by Crippen LogP contribution is 2.38. The molecule has 1 aliphatic rings. The molecule has 1 unspecified atom stereocenters. The maximum Gasteiger partial charge on any atom is 0.303 e. The summed E-state index contributed by atoms with van der Waals surface area (Å²) in [4.78, 5) is 35.1. The molecule has 0 saturated heterocycles. The zero-order valence-electron chi connectivity index (χ0n) is 24.6. The van der Waals surface area contributed by atoms with Crippen LogP contribution >= 0.6 is 23.2 Å². The van der Waals surface area contributed by atoms with E-state index in [9.17, 15) is 49.5 Å². The third kappa shape index (κ3) is 8.84. The first-order chi connectivity index (χ1) is 23.1. The number of carboxylic acids is 1. The van der Waals surface area contributed by atoms with Crippen molar-refractivity contribution in [3.05, 3.63) is 140 Å². The SMILES string of the molecule is O=C(O)CCC(C(=O)c1c(F)cc(F)cc1F)c1cc(F)ccc1Cl.O=C1CCC(c2cc(F)ccc2Cl)=C(c2c(F)cc(F)cc2F)N1. The lowest BCUT2D eigenvalue weighted by Crippen LogP contribution is -2.28. The highest BCUT2D eigenvalue weighted by Gasteiger charge is 2.30. The van der Waals surface area contributed by atoms with E-state index in [4.69, 9.17) is 28.3 Å². The Morgan fingerprint density at radius 1 is 0.714 bits per heavy atom. The van der Waals surface area contributed by atoms with Crippen LogP contribution in [-0.2, 0) is 9.59 Å². The number of nitrogens with one attached hydrogen (secondary N) is 1. The molecule has 0 fully saturated rings. The van der Waals surface area contributed by atoms with E-state index in [1.165, 1.54) is 6.07 Å². The molecule has 49 heavy (non-hydrogen) atoms. The molecule has 0 bridgehead atoms. The van der Waals surface area contributed by atoms with Crippen molar-refractivity contribution in [2.75, 3.05) is 0 Å². The molecule has 2 N–H and O–H groups in total. The van der Waals surface area contributed by atoms with E-state index >= 15 is 0 Å². The van der Waals surface area contributed by atoms with Gasteiger partial charge in [-0.3, -0.25) is 14.4 Å². The lowest BCUT2D eigenvalue weighted by atomic mass is 9.86. The number of carbonyl (C=O) groups is 3. The van der Waals surface area contributed by atoms with Crippen LogP contribution in [0, 0.1) is 46.5 Å². The van der Waals surface area contributed by atoms with Gasteiger partial charge in [-0.15, -0.1) is 0 Å². The molecule has 0 aromatic heterocycles. The first-order valence-corrected chi connectivity index (χ1v) is 14.8. The fourth-order valence-corrected chi connectivity index (χ4v) is 5.54. The summed E-state index contributed by atoms with van der Waals surface area (Å²) in [5, 5.41) is 11.3. The monoisotopic (exact) mass is 729 g/mol. The van der Waals surface area contributed by atoms with Crippen LogP contribution in [0.5, 0.6) is 0 Å². The number of rotatable bonds is 8. The molecule has 15 heteroatoms. The maximum absolute atomic E-state index is 14.1. The predicted octanol–water partition coefficient (Wildman–Crippen LogP) is 9.40. The number of benzene rings is 4. The Balaban J connectivity index is 0.000000221. The van der Waals surface area contributed by atoms with E-state index in [1.807, 2.05) is 0 Å². The summed E-state index contributed by atoms with van der Waals surface area (Å²) in [6.07, 6.45) is -0.724. The highest BCUT2D eigenvalue weighted by atomic mass is 35.5. The summed E-state index contributed by atoms with van der Waals surface area (Å²) in [5.74, 6) is -13.1. The summed E-state index contributed by atoms with van der Waals surface area (Å²) in [6.45, 7) is 0. The number of ketones is 1. The smallest absolute Gasteiger partial charge is 0.303 e. The van der Waals surface area contributed by atoms with Crippen molar-refractivity contribution in [3.63, 3.8) is 0 Å². The summed E-state index contributed by atoms with van der Waals surface area (Å²) >= 11 is 12.0. The fourth-order valence-electron chi connectivity index (χ4n) is 5.06. The third-order valence-corrected chi connectivity index (χ3v) is 7.90. The Morgan fingerprint density at radius 3 is 1.82 bits per heavy atom. The van der Waals surface area contributed by atoms with E-state index in [0.29, 0.717) is 24.3 Å². The first-order valence-electron chi connectivity index (χ1n) is 14.1. The largest absolute Gasteiger partial charge is 0.481 e. The zero-order valence-corrected chi connectivity index (χ0v) is 26.1. The van der Waals surface area contributed by atoms with Gasteiger partial charge in [0.2, 0.25) is 5.91 Å². The van der Waals surface area contributed by atoms with Crippen molar-refractivity contribution in [3.8, 4) is 0 Å². The minimum atomic E-state index is -1.43. The van der Waals surface area contributed by atoms with Crippen LogP contribution in [0.2, 0.25) is 10.0 Å². The number of carboxylic acid groups (broad SMARTS) is 1. The lowest BCUT2D eigenvalue weighted by Gasteiger charge is -2.23. The molecule has 1 aliphatic heterocycles. The van der Waals surface area contributed by atoms with E-state index in [2.05, 4.69) is 5.32 Å². The molecule has 5 rings (SSSR count). The second-order valence-electron chi connectivity index (χ2n) is 10.5. The number of aliphatic carboxylic acids is 1. The third-order valence-electron chi connectivity index (χ3n) is 7.23. The molecule has 256 valence electrons. The summed E-state index contributed by atoms with van der Waals surface area (Å²) in [6, 6.07) is 8.31. The fraction of sp³-hybridized carbons (Fsp3) is 0.147. The Morgan fingerprint density at radius 2 is 1.24 bits per heavy atom. The van der Waals surface area contributed by atoms with Gasteiger partial charge in [-0.25, -0.2) is 35.1 Å². The second kappa shape index (κ2) is 15.6. The van der Waals surface area contributed by atoms with Gasteiger partial charge in [0.05, 0.1) is 16.8 Å². The quantitative estimate of drug-likeness (QED) is 0.140. The molecule has 1 atom stereocenters. The topological polar surface area (TPSA) is 83.5 Å². The van der Waals surface area contributed by atoms with Gasteiger partial charge in [-0.1, -0.05) is 23.2 Å². The molecule has 1 amide bonds. The minimum absolute atomic E-state index is 0.0517. The van der Waals surface area contributed by atoms with E-state index in [0.717, 1.165) is 30.3 Å². The van der Waals surface area contributed by atoms with Gasteiger partial charge in [-0.05, 0) is 60.4 Å². The Hall–Kier alpha value is -4.75. The summed E-state index contributed by atoms with van der Waals surface area (Å²) in [5.41, 5.74) is -1.39. The number of hydrogen-bond acceptors (Lipinski definition) is 3. The maximum atomic E-state index is 14.1. The van der Waals surface area contributed by atoms with Gasteiger partial charge in [0.25, 0.3) is 0 Å². The van der Waals surface area contributed by atoms with Crippen molar-refractivity contribution >= 4 is 52.1 Å². The first kappa shape index (κ1) is 37.1. The van der Waals surface area contributed by atoms with Crippen LogP contribution in [0.4, 0.5) is 35.1 Å². The molecule has 0 radical (unpaired) electrons. The molecule has 4 aromatic carbocycles. The van der Waals surface area contributed by atoms with Crippen molar-refractivity contribution < 1.29 is 54.6 Å². The van der Waals surface area contributed by atoms with Crippen molar-refractivity contribution in [1.29, 1.82) is 0 Å². The Bertz CT molecular complexity index is 1960. The number of halogens is 10. The molecule has 5 nitrogen and oxygen atoms in total. The molecule has 0 saturated carbocycles. The molecule has 0 aliphatic carbocycles. The van der Waals surface area contributed by atoms with Crippen LogP contribution in [0.1, 0.15) is 58.6 Å².